The molecule has 1 heterocycles. The fourth-order valence-corrected chi connectivity index (χ4v) is 2.19. The first-order valence-electron chi connectivity index (χ1n) is 7.44. The molecular weight excluding hydrogens is 224 g/mol. The molecule has 3 nitrogen and oxygen atoms in total. The number of nitrogens with zero attached hydrogens (tertiary/aromatic N) is 2. The van der Waals surface area contributed by atoms with Gasteiger partial charge in [0.25, 0.3) is 0 Å². The average molecular weight is 252 g/mol. The SMILES string of the molecule is CCCCc1nn(CCCC)c(C(C)CC)c1O. The van der Waals surface area contributed by atoms with E-state index in [9.17, 15) is 5.11 Å². The maximum atomic E-state index is 10.4. The minimum absolute atomic E-state index is 0.379. The van der Waals surface area contributed by atoms with Crippen molar-refractivity contribution in [3.05, 3.63) is 11.4 Å². The Kier molecular flexibility index (Phi) is 6.23. The molecule has 0 aliphatic heterocycles. The second-order valence-electron chi connectivity index (χ2n) is 5.17. The number of rotatable bonds is 8. The van der Waals surface area contributed by atoms with Crippen LogP contribution in [0.5, 0.6) is 5.75 Å². The van der Waals surface area contributed by atoms with Crippen LogP contribution in [0.1, 0.15) is 77.1 Å². The summed E-state index contributed by atoms with van der Waals surface area (Å²) in [5.74, 6) is 0.832. The second kappa shape index (κ2) is 7.45. The van der Waals surface area contributed by atoms with E-state index in [0.717, 1.165) is 56.5 Å². The summed E-state index contributed by atoms with van der Waals surface area (Å²) in [5, 5.41) is 15.0. The molecule has 0 bridgehead atoms. The van der Waals surface area contributed by atoms with Crippen LogP contribution >= 0.6 is 0 Å². The average Bonchev–Trinajstić information content (AvgIpc) is 2.69. The molecule has 1 unspecified atom stereocenters. The van der Waals surface area contributed by atoms with Gasteiger partial charge in [-0.3, -0.25) is 4.68 Å². The van der Waals surface area contributed by atoms with Gasteiger partial charge in [0.2, 0.25) is 0 Å². The maximum Gasteiger partial charge on any atom is 0.160 e. The summed E-state index contributed by atoms with van der Waals surface area (Å²) >= 11 is 0. The zero-order valence-electron chi connectivity index (χ0n) is 12.4. The van der Waals surface area contributed by atoms with Gasteiger partial charge >= 0.3 is 0 Å². The molecule has 3 heteroatoms. The summed E-state index contributed by atoms with van der Waals surface area (Å²) in [4.78, 5) is 0. The fraction of sp³-hybridized carbons (Fsp3) is 0.800. The highest BCUT2D eigenvalue weighted by Crippen LogP contribution is 2.32. The number of aromatic hydroxyl groups is 1. The summed E-state index contributed by atoms with van der Waals surface area (Å²) in [7, 11) is 0. The largest absolute Gasteiger partial charge is 0.504 e. The molecule has 0 spiro atoms. The van der Waals surface area contributed by atoms with Gasteiger partial charge in [-0.2, -0.15) is 5.10 Å². The van der Waals surface area contributed by atoms with Crippen molar-refractivity contribution in [3.63, 3.8) is 0 Å². The summed E-state index contributed by atoms with van der Waals surface area (Å²) in [6, 6.07) is 0. The van der Waals surface area contributed by atoms with E-state index in [2.05, 4.69) is 32.8 Å². The van der Waals surface area contributed by atoms with Gasteiger partial charge in [0.05, 0.1) is 5.69 Å². The third-order valence-corrected chi connectivity index (χ3v) is 3.61. The molecule has 0 fully saturated rings. The number of unbranched alkanes of at least 4 members (excludes halogenated alkanes) is 2. The lowest BCUT2D eigenvalue weighted by Crippen LogP contribution is -2.07. The lowest BCUT2D eigenvalue weighted by Gasteiger charge is -2.12. The molecule has 0 aromatic carbocycles. The van der Waals surface area contributed by atoms with Crippen LogP contribution in [0.15, 0.2) is 0 Å². The Morgan fingerprint density at radius 1 is 1.17 bits per heavy atom. The Balaban J connectivity index is 2.97. The molecule has 1 rings (SSSR count). The number of hydrogen-bond donors (Lipinski definition) is 1. The Morgan fingerprint density at radius 2 is 1.83 bits per heavy atom. The van der Waals surface area contributed by atoms with E-state index >= 15 is 0 Å². The van der Waals surface area contributed by atoms with Gasteiger partial charge < -0.3 is 5.11 Å². The third-order valence-electron chi connectivity index (χ3n) is 3.61. The Morgan fingerprint density at radius 3 is 2.39 bits per heavy atom. The van der Waals surface area contributed by atoms with Crippen molar-refractivity contribution in [1.82, 2.24) is 9.78 Å². The van der Waals surface area contributed by atoms with Crippen LogP contribution in [0, 0.1) is 0 Å². The zero-order chi connectivity index (χ0) is 13.5. The molecule has 0 aliphatic rings. The first-order chi connectivity index (χ1) is 8.65. The van der Waals surface area contributed by atoms with E-state index < -0.39 is 0 Å². The highest BCUT2D eigenvalue weighted by Gasteiger charge is 2.20. The van der Waals surface area contributed by atoms with E-state index in [1.807, 2.05) is 4.68 Å². The van der Waals surface area contributed by atoms with Crippen molar-refractivity contribution in [2.75, 3.05) is 0 Å². The second-order valence-corrected chi connectivity index (χ2v) is 5.17. The van der Waals surface area contributed by atoms with Crippen molar-refractivity contribution < 1.29 is 5.11 Å². The minimum atomic E-state index is 0.379. The first kappa shape index (κ1) is 15.1. The highest BCUT2D eigenvalue weighted by atomic mass is 16.3. The topological polar surface area (TPSA) is 38.0 Å². The van der Waals surface area contributed by atoms with E-state index in [4.69, 9.17) is 0 Å². The van der Waals surface area contributed by atoms with Crippen LogP contribution in [-0.2, 0) is 13.0 Å². The molecule has 0 radical (unpaired) electrons. The zero-order valence-corrected chi connectivity index (χ0v) is 12.4. The molecule has 104 valence electrons. The van der Waals surface area contributed by atoms with E-state index in [0.29, 0.717) is 11.7 Å². The molecule has 1 aromatic heterocycles. The molecule has 18 heavy (non-hydrogen) atoms. The number of aryl methyl sites for hydroxylation is 2. The molecule has 1 aromatic rings. The Labute approximate surface area is 111 Å². The number of aromatic nitrogens is 2. The van der Waals surface area contributed by atoms with Crippen LogP contribution in [0.25, 0.3) is 0 Å². The smallest absolute Gasteiger partial charge is 0.160 e. The van der Waals surface area contributed by atoms with Crippen LogP contribution in [0.4, 0.5) is 0 Å². The van der Waals surface area contributed by atoms with Crippen molar-refractivity contribution in [3.8, 4) is 5.75 Å². The van der Waals surface area contributed by atoms with Gasteiger partial charge in [0.15, 0.2) is 5.75 Å². The van der Waals surface area contributed by atoms with Gasteiger partial charge in [0.1, 0.15) is 5.69 Å². The van der Waals surface area contributed by atoms with Crippen LogP contribution in [-0.4, -0.2) is 14.9 Å². The molecule has 0 saturated carbocycles. The number of hydrogen-bond acceptors (Lipinski definition) is 2. The van der Waals surface area contributed by atoms with E-state index in [1.165, 1.54) is 0 Å². The lowest BCUT2D eigenvalue weighted by atomic mass is 10.0. The maximum absolute atomic E-state index is 10.4. The monoisotopic (exact) mass is 252 g/mol. The molecule has 0 saturated heterocycles. The minimum Gasteiger partial charge on any atom is -0.504 e. The summed E-state index contributed by atoms with van der Waals surface area (Å²) in [5.41, 5.74) is 1.93. The van der Waals surface area contributed by atoms with Gasteiger partial charge in [-0.15, -0.1) is 0 Å². The van der Waals surface area contributed by atoms with Crippen molar-refractivity contribution >= 4 is 0 Å². The van der Waals surface area contributed by atoms with Crippen LogP contribution in [0.3, 0.4) is 0 Å². The van der Waals surface area contributed by atoms with Crippen LogP contribution < -0.4 is 0 Å². The van der Waals surface area contributed by atoms with Crippen molar-refractivity contribution in [2.24, 2.45) is 0 Å². The fourth-order valence-electron chi connectivity index (χ4n) is 2.19. The lowest BCUT2D eigenvalue weighted by molar-refractivity contribution is 0.445. The summed E-state index contributed by atoms with van der Waals surface area (Å²) < 4.78 is 2.04. The van der Waals surface area contributed by atoms with Gasteiger partial charge in [-0.05, 0) is 25.7 Å². The third kappa shape index (κ3) is 3.50. The predicted octanol–water partition coefficient (Wildman–Crippen LogP) is 4.24. The summed E-state index contributed by atoms with van der Waals surface area (Å²) in [6.07, 6.45) is 6.45. The van der Waals surface area contributed by atoms with Gasteiger partial charge in [-0.1, -0.05) is 40.5 Å². The van der Waals surface area contributed by atoms with Gasteiger partial charge in [0, 0.05) is 12.5 Å². The molecule has 1 atom stereocenters. The van der Waals surface area contributed by atoms with E-state index in [1.54, 1.807) is 0 Å². The summed E-state index contributed by atoms with van der Waals surface area (Å²) in [6.45, 7) is 9.61. The quantitative estimate of drug-likeness (QED) is 0.751. The Hall–Kier alpha value is -0.990. The van der Waals surface area contributed by atoms with Gasteiger partial charge in [-0.25, -0.2) is 0 Å². The standard InChI is InChI=1S/C15H28N2O/c1-5-8-10-13-15(18)14(12(4)7-3)17(16-13)11-9-6-2/h12,18H,5-11H2,1-4H3. The predicted molar refractivity (Wildman–Crippen MR) is 76.1 cm³/mol. The molecule has 0 amide bonds. The highest BCUT2D eigenvalue weighted by molar-refractivity contribution is 5.34. The first-order valence-corrected chi connectivity index (χ1v) is 7.44. The normalized spacial score (nSPS) is 12.9. The van der Waals surface area contributed by atoms with Crippen molar-refractivity contribution in [1.29, 1.82) is 0 Å². The molecule has 1 N–H and O–H groups in total. The van der Waals surface area contributed by atoms with Crippen LogP contribution in [0.2, 0.25) is 0 Å². The molecular formula is C15H28N2O. The molecule has 0 aliphatic carbocycles. The van der Waals surface area contributed by atoms with Crippen molar-refractivity contribution in [2.45, 2.75) is 78.7 Å². The Bertz CT molecular complexity index is 358. The van der Waals surface area contributed by atoms with E-state index in [-0.39, 0.29) is 0 Å².